The van der Waals surface area contributed by atoms with Gasteiger partial charge in [0, 0.05) is 29.1 Å². The molecule has 4 heteroatoms. The molecule has 0 atom stereocenters. The number of rotatable bonds is 2. The molecule has 0 bridgehead atoms. The lowest BCUT2D eigenvalue weighted by Crippen LogP contribution is -1.99. The van der Waals surface area contributed by atoms with E-state index in [4.69, 9.17) is 10.5 Å². The molecule has 0 amide bonds. The van der Waals surface area contributed by atoms with Gasteiger partial charge >= 0.3 is 0 Å². The summed E-state index contributed by atoms with van der Waals surface area (Å²) < 4.78 is 19.7. The number of nitrogens with zero attached hydrogens (tertiary/aromatic N) is 1. The fourth-order valence-electron chi connectivity index (χ4n) is 3.47. The van der Waals surface area contributed by atoms with Crippen LogP contribution < -0.4 is 10.5 Å². The Labute approximate surface area is 152 Å². The van der Waals surface area contributed by atoms with Crippen LogP contribution in [-0.2, 0) is 6.61 Å². The number of anilines is 1. The third kappa shape index (κ3) is 2.84. The summed E-state index contributed by atoms with van der Waals surface area (Å²) in [5.41, 5.74) is 12.7. The number of ether oxygens (including phenoxy) is 1. The van der Waals surface area contributed by atoms with Crippen LogP contribution in [0.3, 0.4) is 0 Å². The summed E-state index contributed by atoms with van der Waals surface area (Å²) in [6.07, 6.45) is 2.55. The molecule has 2 heterocycles. The maximum Gasteiger partial charge on any atom is 0.131 e. The Bertz CT molecular complexity index is 1010. The number of hydrogen-bond acceptors (Lipinski definition) is 3. The molecule has 2 aromatic carbocycles. The lowest BCUT2D eigenvalue weighted by atomic mass is 9.87. The number of allylic oxidation sites excluding steroid dienone is 1. The monoisotopic (exact) mass is 346 g/mol. The third-order valence-electron chi connectivity index (χ3n) is 4.63. The molecule has 0 fully saturated rings. The number of aromatic nitrogens is 1. The van der Waals surface area contributed by atoms with Gasteiger partial charge in [-0.05, 0) is 53.5 Å². The van der Waals surface area contributed by atoms with E-state index in [1.807, 2.05) is 36.4 Å². The largest absolute Gasteiger partial charge is 0.487 e. The molecule has 0 saturated heterocycles. The fourth-order valence-corrected chi connectivity index (χ4v) is 3.47. The summed E-state index contributed by atoms with van der Waals surface area (Å²) in [4.78, 5) is 4.49. The van der Waals surface area contributed by atoms with E-state index >= 15 is 0 Å². The quantitative estimate of drug-likeness (QED) is 0.660. The SMILES string of the molecule is CCC(=C1c2ccc(F)cc2OCc2ncccc21)c1cccc(N)c1. The summed E-state index contributed by atoms with van der Waals surface area (Å²) in [6, 6.07) is 16.5. The number of benzene rings is 2. The Hall–Kier alpha value is -3.14. The average molecular weight is 346 g/mol. The number of halogens is 1. The maximum atomic E-state index is 13.8. The van der Waals surface area contributed by atoms with Crippen LogP contribution in [0, 0.1) is 5.82 Å². The molecule has 1 aromatic heterocycles. The molecule has 0 aliphatic carbocycles. The van der Waals surface area contributed by atoms with Gasteiger partial charge in [0.15, 0.2) is 0 Å². The smallest absolute Gasteiger partial charge is 0.131 e. The maximum absolute atomic E-state index is 13.8. The highest BCUT2D eigenvalue weighted by molar-refractivity contribution is 6.01. The molecule has 1 aliphatic rings. The van der Waals surface area contributed by atoms with Crippen molar-refractivity contribution in [1.29, 1.82) is 0 Å². The Morgan fingerprint density at radius 1 is 1.12 bits per heavy atom. The second-order valence-corrected chi connectivity index (χ2v) is 6.26. The van der Waals surface area contributed by atoms with Gasteiger partial charge in [-0.2, -0.15) is 0 Å². The Morgan fingerprint density at radius 2 is 2.00 bits per heavy atom. The van der Waals surface area contributed by atoms with Crippen molar-refractivity contribution in [3.05, 3.63) is 89.0 Å². The lowest BCUT2D eigenvalue weighted by molar-refractivity contribution is 0.301. The van der Waals surface area contributed by atoms with E-state index in [-0.39, 0.29) is 5.82 Å². The molecule has 2 N–H and O–H groups in total. The van der Waals surface area contributed by atoms with E-state index in [0.29, 0.717) is 18.0 Å². The van der Waals surface area contributed by atoms with Crippen LogP contribution in [0.4, 0.5) is 10.1 Å². The van der Waals surface area contributed by atoms with Crippen molar-refractivity contribution >= 4 is 16.8 Å². The number of hydrogen-bond donors (Lipinski definition) is 1. The van der Waals surface area contributed by atoms with Gasteiger partial charge in [0.05, 0.1) is 5.69 Å². The highest BCUT2D eigenvalue weighted by Crippen LogP contribution is 2.42. The van der Waals surface area contributed by atoms with Crippen LogP contribution >= 0.6 is 0 Å². The summed E-state index contributed by atoms with van der Waals surface area (Å²) >= 11 is 0. The van der Waals surface area contributed by atoms with E-state index in [2.05, 4.69) is 11.9 Å². The van der Waals surface area contributed by atoms with E-state index in [1.165, 1.54) is 12.1 Å². The van der Waals surface area contributed by atoms with Gasteiger partial charge in [-0.1, -0.05) is 25.1 Å². The minimum absolute atomic E-state index is 0.310. The summed E-state index contributed by atoms with van der Waals surface area (Å²) in [7, 11) is 0. The van der Waals surface area contributed by atoms with E-state index in [1.54, 1.807) is 12.3 Å². The normalized spacial score (nSPS) is 14.7. The van der Waals surface area contributed by atoms with Crippen LogP contribution in [0.2, 0.25) is 0 Å². The molecule has 4 rings (SSSR count). The highest BCUT2D eigenvalue weighted by Gasteiger charge is 2.23. The van der Waals surface area contributed by atoms with Crippen LogP contribution in [0.5, 0.6) is 5.75 Å². The predicted molar refractivity (Wildman–Crippen MR) is 102 cm³/mol. The number of fused-ring (bicyclic) bond motifs is 2. The van der Waals surface area contributed by atoms with Gasteiger partial charge in [0.1, 0.15) is 18.2 Å². The molecule has 1 aliphatic heterocycles. The van der Waals surface area contributed by atoms with Gasteiger partial charge in [-0.3, -0.25) is 4.98 Å². The summed E-state index contributed by atoms with van der Waals surface area (Å²) in [5, 5.41) is 0. The van der Waals surface area contributed by atoms with Crippen LogP contribution in [0.25, 0.3) is 11.1 Å². The Balaban J connectivity index is 2.07. The number of nitrogen functional groups attached to an aromatic ring is 1. The van der Waals surface area contributed by atoms with Crippen molar-refractivity contribution in [3.63, 3.8) is 0 Å². The van der Waals surface area contributed by atoms with Crippen molar-refractivity contribution in [1.82, 2.24) is 4.98 Å². The molecule has 130 valence electrons. The van der Waals surface area contributed by atoms with Gasteiger partial charge in [-0.25, -0.2) is 4.39 Å². The third-order valence-corrected chi connectivity index (χ3v) is 4.63. The molecule has 0 unspecified atom stereocenters. The van der Waals surface area contributed by atoms with Crippen molar-refractivity contribution in [3.8, 4) is 5.75 Å². The topological polar surface area (TPSA) is 48.1 Å². The first-order chi connectivity index (χ1) is 12.7. The molecule has 26 heavy (non-hydrogen) atoms. The summed E-state index contributed by atoms with van der Waals surface area (Å²) in [6.45, 7) is 2.42. The zero-order valence-electron chi connectivity index (χ0n) is 14.5. The predicted octanol–water partition coefficient (Wildman–Crippen LogP) is 5.06. The van der Waals surface area contributed by atoms with Crippen LogP contribution in [0.1, 0.15) is 35.7 Å². The minimum atomic E-state index is -0.316. The second-order valence-electron chi connectivity index (χ2n) is 6.26. The van der Waals surface area contributed by atoms with E-state index in [9.17, 15) is 4.39 Å². The van der Waals surface area contributed by atoms with E-state index < -0.39 is 0 Å². The zero-order valence-corrected chi connectivity index (χ0v) is 14.5. The second kappa shape index (κ2) is 6.64. The highest BCUT2D eigenvalue weighted by atomic mass is 19.1. The molecular weight excluding hydrogens is 327 g/mol. The van der Waals surface area contributed by atoms with Crippen LogP contribution in [0.15, 0.2) is 60.8 Å². The molecule has 0 saturated carbocycles. The van der Waals surface area contributed by atoms with Crippen molar-refractivity contribution < 1.29 is 9.13 Å². The number of nitrogens with two attached hydrogens (primary N) is 1. The van der Waals surface area contributed by atoms with Gasteiger partial charge in [0.25, 0.3) is 0 Å². The van der Waals surface area contributed by atoms with Gasteiger partial charge < -0.3 is 10.5 Å². The Kier molecular flexibility index (Phi) is 4.17. The van der Waals surface area contributed by atoms with Crippen LogP contribution in [-0.4, -0.2) is 4.98 Å². The van der Waals surface area contributed by atoms with E-state index in [0.717, 1.165) is 40.0 Å². The molecule has 3 nitrogen and oxygen atoms in total. The molecule has 0 radical (unpaired) electrons. The minimum Gasteiger partial charge on any atom is -0.487 e. The standard InChI is InChI=1S/C22H19FN2O/c1-2-17(14-5-3-6-16(24)11-14)22-18-7-4-10-25-20(18)13-26-21-12-15(23)8-9-19(21)22/h3-12H,2,13,24H2,1H3. The number of pyridine rings is 1. The molecule has 0 spiro atoms. The summed E-state index contributed by atoms with van der Waals surface area (Å²) in [5.74, 6) is 0.219. The first-order valence-corrected chi connectivity index (χ1v) is 8.63. The first kappa shape index (κ1) is 16.3. The van der Waals surface area contributed by atoms with Crippen molar-refractivity contribution in [2.75, 3.05) is 5.73 Å². The van der Waals surface area contributed by atoms with Crippen molar-refractivity contribution in [2.24, 2.45) is 0 Å². The fraction of sp³-hybridized carbons (Fsp3) is 0.136. The average Bonchev–Trinajstić information content (AvgIpc) is 2.80. The lowest BCUT2D eigenvalue weighted by Gasteiger charge is -2.17. The first-order valence-electron chi connectivity index (χ1n) is 8.63. The molecular formula is C22H19FN2O. The Morgan fingerprint density at radius 3 is 2.81 bits per heavy atom. The van der Waals surface area contributed by atoms with Gasteiger partial charge in [0.2, 0.25) is 0 Å². The van der Waals surface area contributed by atoms with Crippen molar-refractivity contribution in [2.45, 2.75) is 20.0 Å². The zero-order chi connectivity index (χ0) is 18.1. The van der Waals surface area contributed by atoms with Gasteiger partial charge in [-0.15, -0.1) is 0 Å². The molecule has 3 aromatic rings.